The molecule has 2 aromatic rings. The molecule has 0 bridgehead atoms. The highest BCUT2D eigenvalue weighted by Gasteiger charge is 2.28. The van der Waals surface area contributed by atoms with E-state index < -0.39 is 10.0 Å². The number of anilines is 2. The lowest BCUT2D eigenvalue weighted by Crippen LogP contribution is -2.25. The van der Waals surface area contributed by atoms with Crippen LogP contribution in [0.1, 0.15) is 29.3 Å². The summed E-state index contributed by atoms with van der Waals surface area (Å²) in [6.45, 7) is 4.81. The molecule has 1 heterocycles. The molecule has 0 spiro atoms. The molecule has 2 aromatic carbocycles. The van der Waals surface area contributed by atoms with Crippen LogP contribution in [0.4, 0.5) is 11.4 Å². The van der Waals surface area contributed by atoms with Gasteiger partial charge in [-0.15, -0.1) is 0 Å². The van der Waals surface area contributed by atoms with Gasteiger partial charge in [0.15, 0.2) is 0 Å². The smallest absolute Gasteiger partial charge is 0.255 e. The summed E-state index contributed by atoms with van der Waals surface area (Å²) in [5.41, 5.74) is 2.55. The normalized spacial score (nSPS) is 15.7. The van der Waals surface area contributed by atoms with Crippen LogP contribution in [-0.2, 0) is 10.0 Å². The van der Waals surface area contributed by atoms with E-state index >= 15 is 0 Å². The number of nitrogens with zero attached hydrogens (tertiary/aromatic N) is 1. The van der Waals surface area contributed by atoms with Gasteiger partial charge in [-0.2, -0.15) is 0 Å². The molecule has 1 amide bonds. The van der Waals surface area contributed by atoms with Crippen molar-refractivity contribution in [1.82, 2.24) is 0 Å². The minimum atomic E-state index is -3.25. The topological polar surface area (TPSA) is 75.7 Å². The Morgan fingerprint density at radius 3 is 2.54 bits per heavy atom. The van der Waals surface area contributed by atoms with Gasteiger partial charge >= 0.3 is 0 Å². The maximum Gasteiger partial charge on any atom is 0.255 e. The van der Waals surface area contributed by atoms with Crippen LogP contribution in [0.15, 0.2) is 42.5 Å². The third-order valence-electron chi connectivity index (χ3n) is 4.28. The number of aryl methyl sites for hydroxylation is 1. The van der Waals surface area contributed by atoms with Crippen LogP contribution in [0.5, 0.6) is 5.75 Å². The molecule has 1 saturated heterocycles. The van der Waals surface area contributed by atoms with Crippen LogP contribution in [0.3, 0.4) is 0 Å². The Labute approximate surface area is 153 Å². The van der Waals surface area contributed by atoms with Crippen molar-refractivity contribution >= 4 is 27.3 Å². The van der Waals surface area contributed by atoms with Crippen LogP contribution >= 0.6 is 0 Å². The fourth-order valence-corrected chi connectivity index (χ4v) is 4.45. The van der Waals surface area contributed by atoms with Crippen LogP contribution in [0, 0.1) is 6.92 Å². The second-order valence-electron chi connectivity index (χ2n) is 6.15. The maximum atomic E-state index is 12.5. The minimum Gasteiger partial charge on any atom is -0.494 e. The summed E-state index contributed by atoms with van der Waals surface area (Å²) in [5.74, 6) is 0.619. The molecular formula is C19H22N2O4S. The van der Waals surface area contributed by atoms with Crippen molar-refractivity contribution in [3.05, 3.63) is 53.6 Å². The van der Waals surface area contributed by atoms with Crippen molar-refractivity contribution in [2.75, 3.05) is 28.5 Å². The lowest BCUT2D eigenvalue weighted by atomic mass is 10.1. The van der Waals surface area contributed by atoms with E-state index in [1.807, 2.05) is 19.9 Å². The van der Waals surface area contributed by atoms with E-state index in [9.17, 15) is 13.2 Å². The second-order valence-corrected chi connectivity index (χ2v) is 8.17. The van der Waals surface area contributed by atoms with E-state index in [1.165, 1.54) is 4.31 Å². The van der Waals surface area contributed by atoms with Gasteiger partial charge in [-0.1, -0.05) is 6.07 Å². The van der Waals surface area contributed by atoms with Crippen LogP contribution in [0.25, 0.3) is 0 Å². The summed E-state index contributed by atoms with van der Waals surface area (Å²) in [6.07, 6.45) is 0.615. The molecule has 0 saturated carbocycles. The number of rotatable bonds is 5. The summed E-state index contributed by atoms with van der Waals surface area (Å²) >= 11 is 0. The number of nitrogens with one attached hydrogen (secondary N) is 1. The van der Waals surface area contributed by atoms with Crippen molar-refractivity contribution in [3.8, 4) is 5.75 Å². The van der Waals surface area contributed by atoms with E-state index in [-0.39, 0.29) is 11.7 Å². The molecule has 138 valence electrons. The first-order chi connectivity index (χ1) is 12.4. The Balaban J connectivity index is 1.80. The molecule has 0 radical (unpaired) electrons. The number of carbonyl (C=O) groups excluding carboxylic acids is 1. The van der Waals surface area contributed by atoms with Crippen LogP contribution in [-0.4, -0.2) is 33.2 Å². The van der Waals surface area contributed by atoms with Gasteiger partial charge in [0.25, 0.3) is 5.91 Å². The molecular weight excluding hydrogens is 352 g/mol. The molecule has 1 fully saturated rings. The molecule has 0 unspecified atom stereocenters. The van der Waals surface area contributed by atoms with E-state index in [1.54, 1.807) is 36.4 Å². The summed E-state index contributed by atoms with van der Waals surface area (Å²) in [7, 11) is -3.25. The predicted molar refractivity (Wildman–Crippen MR) is 102 cm³/mol. The molecule has 1 aliphatic heterocycles. The fourth-order valence-electron chi connectivity index (χ4n) is 2.89. The lowest BCUT2D eigenvalue weighted by Gasteiger charge is -2.19. The van der Waals surface area contributed by atoms with Crippen LogP contribution in [0.2, 0.25) is 0 Å². The zero-order valence-electron chi connectivity index (χ0n) is 14.9. The number of hydrogen-bond donors (Lipinski definition) is 1. The Hall–Kier alpha value is -2.54. The number of carbonyl (C=O) groups is 1. The van der Waals surface area contributed by atoms with Gasteiger partial charge in [0, 0.05) is 17.8 Å². The third kappa shape index (κ3) is 3.83. The highest BCUT2D eigenvalue weighted by molar-refractivity contribution is 7.93. The first-order valence-corrected chi connectivity index (χ1v) is 10.2. The highest BCUT2D eigenvalue weighted by atomic mass is 32.2. The zero-order valence-corrected chi connectivity index (χ0v) is 15.7. The van der Waals surface area contributed by atoms with Crippen LogP contribution < -0.4 is 14.4 Å². The first kappa shape index (κ1) is 18.3. The van der Waals surface area contributed by atoms with Gasteiger partial charge in [-0.3, -0.25) is 9.10 Å². The Morgan fingerprint density at radius 2 is 1.92 bits per heavy atom. The summed E-state index contributed by atoms with van der Waals surface area (Å²) < 4.78 is 31.0. The number of sulfonamides is 1. The number of ether oxygens (including phenoxy) is 1. The summed E-state index contributed by atoms with van der Waals surface area (Å²) in [4.78, 5) is 12.5. The van der Waals surface area contributed by atoms with E-state index in [0.29, 0.717) is 42.3 Å². The molecule has 0 aromatic heterocycles. The molecule has 1 N–H and O–H groups in total. The molecule has 3 rings (SSSR count). The van der Waals surface area contributed by atoms with E-state index in [2.05, 4.69) is 5.32 Å². The number of amides is 1. The monoisotopic (exact) mass is 374 g/mol. The largest absolute Gasteiger partial charge is 0.494 e. The maximum absolute atomic E-state index is 12.5. The highest BCUT2D eigenvalue weighted by Crippen LogP contribution is 2.29. The molecule has 1 aliphatic rings. The zero-order chi connectivity index (χ0) is 18.7. The quantitative estimate of drug-likeness (QED) is 0.872. The third-order valence-corrected chi connectivity index (χ3v) is 6.15. The Bertz CT molecular complexity index is 908. The van der Waals surface area contributed by atoms with Gasteiger partial charge in [-0.25, -0.2) is 8.42 Å². The SMILES string of the molecule is CCOc1ccc(C(=O)Nc2cc(N3CCCS3(=O)=O)ccc2C)cc1. The predicted octanol–water partition coefficient (Wildman–Crippen LogP) is 3.19. The summed E-state index contributed by atoms with van der Waals surface area (Å²) in [5, 5.41) is 2.87. The van der Waals surface area contributed by atoms with Gasteiger partial charge < -0.3 is 10.1 Å². The standard InChI is InChI=1S/C19H22N2O4S/c1-3-25-17-9-6-15(7-10-17)19(22)20-18-13-16(8-5-14(18)2)21-11-4-12-26(21,23)24/h5-10,13H,3-4,11-12H2,1-2H3,(H,20,22). The van der Waals surface area contributed by atoms with Crippen molar-refractivity contribution in [3.63, 3.8) is 0 Å². The number of hydrogen-bond acceptors (Lipinski definition) is 4. The van der Waals surface area contributed by atoms with Gasteiger partial charge in [0.05, 0.1) is 18.0 Å². The first-order valence-electron chi connectivity index (χ1n) is 8.56. The second kappa shape index (κ2) is 7.37. The molecule has 0 atom stereocenters. The Kier molecular flexibility index (Phi) is 5.18. The molecule has 6 nitrogen and oxygen atoms in total. The van der Waals surface area contributed by atoms with Crippen molar-refractivity contribution in [2.24, 2.45) is 0 Å². The van der Waals surface area contributed by atoms with Crippen molar-refractivity contribution in [1.29, 1.82) is 0 Å². The molecule has 26 heavy (non-hydrogen) atoms. The van der Waals surface area contributed by atoms with E-state index in [4.69, 9.17) is 4.74 Å². The number of benzene rings is 2. The average molecular weight is 374 g/mol. The molecule has 7 heteroatoms. The van der Waals surface area contributed by atoms with Crippen molar-refractivity contribution in [2.45, 2.75) is 20.3 Å². The van der Waals surface area contributed by atoms with Gasteiger partial charge in [-0.05, 0) is 62.2 Å². The molecule has 0 aliphatic carbocycles. The Morgan fingerprint density at radius 1 is 1.19 bits per heavy atom. The van der Waals surface area contributed by atoms with Gasteiger partial charge in [0.1, 0.15) is 5.75 Å². The van der Waals surface area contributed by atoms with Crippen molar-refractivity contribution < 1.29 is 17.9 Å². The lowest BCUT2D eigenvalue weighted by molar-refractivity contribution is 0.102. The fraction of sp³-hybridized carbons (Fsp3) is 0.316. The minimum absolute atomic E-state index is 0.161. The summed E-state index contributed by atoms with van der Waals surface area (Å²) in [6, 6.07) is 12.2. The average Bonchev–Trinajstić information content (AvgIpc) is 2.97. The van der Waals surface area contributed by atoms with E-state index in [0.717, 1.165) is 5.56 Å². The van der Waals surface area contributed by atoms with Gasteiger partial charge in [0.2, 0.25) is 10.0 Å².